The van der Waals surface area contributed by atoms with Crippen molar-refractivity contribution < 1.29 is 19.4 Å². The smallest absolute Gasteiger partial charge is 0.306 e. The Bertz CT molecular complexity index is 312. The number of hydrogen-bond acceptors (Lipinski definition) is 3. The minimum atomic E-state index is -0.742. The van der Waals surface area contributed by atoms with Crippen LogP contribution < -0.4 is 0 Å². The van der Waals surface area contributed by atoms with Gasteiger partial charge in [0.1, 0.15) is 0 Å². The Morgan fingerprint density at radius 3 is 2.59 bits per heavy atom. The van der Waals surface area contributed by atoms with E-state index in [1.807, 2.05) is 11.8 Å². The van der Waals surface area contributed by atoms with E-state index in [1.54, 1.807) is 0 Å². The molecule has 96 valence electrons. The van der Waals surface area contributed by atoms with Gasteiger partial charge in [-0.05, 0) is 26.2 Å². The molecular formula is C12H19NO4. The van der Waals surface area contributed by atoms with Crippen LogP contribution in [0.15, 0.2) is 0 Å². The second-order valence-corrected chi connectivity index (χ2v) is 5.00. The number of nitrogens with zero attached hydrogens (tertiary/aromatic N) is 1. The molecule has 5 heteroatoms. The number of likely N-dealkylation sites (tertiary alicyclic amines) is 1. The lowest BCUT2D eigenvalue weighted by Gasteiger charge is -2.37. The van der Waals surface area contributed by atoms with Gasteiger partial charge in [0, 0.05) is 19.2 Å². The molecule has 0 aromatic carbocycles. The van der Waals surface area contributed by atoms with Gasteiger partial charge in [-0.3, -0.25) is 9.59 Å². The molecule has 0 radical (unpaired) electrons. The molecule has 1 N–H and O–H groups in total. The molecule has 3 unspecified atom stereocenters. The lowest BCUT2D eigenvalue weighted by molar-refractivity contribution is -0.148. The van der Waals surface area contributed by atoms with Crippen LogP contribution in [0.1, 0.15) is 26.2 Å². The first-order valence-corrected chi connectivity index (χ1v) is 6.20. The Morgan fingerprint density at radius 1 is 1.29 bits per heavy atom. The van der Waals surface area contributed by atoms with Gasteiger partial charge in [0.2, 0.25) is 5.91 Å². The van der Waals surface area contributed by atoms with Gasteiger partial charge in [-0.1, -0.05) is 0 Å². The second-order valence-electron chi connectivity index (χ2n) is 5.00. The van der Waals surface area contributed by atoms with E-state index < -0.39 is 5.97 Å². The van der Waals surface area contributed by atoms with Crippen molar-refractivity contribution in [2.75, 3.05) is 19.8 Å². The Hall–Kier alpha value is -1.10. The van der Waals surface area contributed by atoms with Gasteiger partial charge in [-0.2, -0.15) is 0 Å². The molecule has 0 aliphatic carbocycles. The van der Waals surface area contributed by atoms with Crippen LogP contribution in [0.3, 0.4) is 0 Å². The van der Waals surface area contributed by atoms with Gasteiger partial charge in [-0.25, -0.2) is 0 Å². The van der Waals surface area contributed by atoms with Crippen molar-refractivity contribution >= 4 is 11.9 Å². The first-order valence-electron chi connectivity index (χ1n) is 6.20. The average Bonchev–Trinajstić information content (AvgIpc) is 2.81. The Labute approximate surface area is 101 Å². The fraction of sp³-hybridized carbons (Fsp3) is 0.833. The normalized spacial score (nSPS) is 33.7. The van der Waals surface area contributed by atoms with E-state index in [0.717, 1.165) is 6.42 Å². The molecule has 0 bridgehead atoms. The molecule has 0 saturated carbocycles. The highest BCUT2D eigenvalue weighted by molar-refractivity contribution is 5.80. The SMILES string of the molecule is CC1CC(C(=O)O)CCN1C(=O)C1CCOC1. The van der Waals surface area contributed by atoms with Gasteiger partial charge in [0.15, 0.2) is 0 Å². The van der Waals surface area contributed by atoms with Gasteiger partial charge in [-0.15, -0.1) is 0 Å². The number of carboxylic acid groups (broad SMARTS) is 1. The molecule has 3 atom stereocenters. The van der Waals surface area contributed by atoms with E-state index in [-0.39, 0.29) is 23.8 Å². The molecule has 2 rings (SSSR count). The average molecular weight is 241 g/mol. The van der Waals surface area contributed by atoms with Gasteiger partial charge in [0.25, 0.3) is 0 Å². The van der Waals surface area contributed by atoms with Crippen LogP contribution >= 0.6 is 0 Å². The highest BCUT2D eigenvalue weighted by Gasteiger charge is 2.35. The number of aliphatic carboxylic acids is 1. The minimum absolute atomic E-state index is 0.0150. The summed E-state index contributed by atoms with van der Waals surface area (Å²) < 4.78 is 5.22. The summed E-state index contributed by atoms with van der Waals surface area (Å²) in [5, 5.41) is 8.97. The van der Waals surface area contributed by atoms with Crippen LogP contribution in [0.25, 0.3) is 0 Å². The van der Waals surface area contributed by atoms with Crippen LogP contribution in [0.2, 0.25) is 0 Å². The van der Waals surface area contributed by atoms with E-state index in [0.29, 0.717) is 32.6 Å². The first kappa shape index (κ1) is 12.4. The third kappa shape index (κ3) is 2.60. The Morgan fingerprint density at radius 2 is 2.06 bits per heavy atom. The molecule has 2 saturated heterocycles. The minimum Gasteiger partial charge on any atom is -0.481 e. The third-order valence-electron chi connectivity index (χ3n) is 3.79. The molecule has 2 heterocycles. The first-order chi connectivity index (χ1) is 8.09. The number of carbonyl (C=O) groups is 2. The van der Waals surface area contributed by atoms with Crippen LogP contribution in [0.4, 0.5) is 0 Å². The fourth-order valence-electron chi connectivity index (χ4n) is 2.69. The number of hydrogen-bond donors (Lipinski definition) is 1. The maximum atomic E-state index is 12.2. The Kier molecular flexibility index (Phi) is 3.66. The summed E-state index contributed by atoms with van der Waals surface area (Å²) in [5.74, 6) is -0.917. The topological polar surface area (TPSA) is 66.8 Å². The third-order valence-corrected chi connectivity index (χ3v) is 3.79. The molecule has 5 nitrogen and oxygen atoms in total. The van der Waals surface area contributed by atoms with E-state index in [9.17, 15) is 9.59 Å². The van der Waals surface area contributed by atoms with Crippen molar-refractivity contribution in [2.45, 2.75) is 32.2 Å². The van der Waals surface area contributed by atoms with E-state index in [2.05, 4.69) is 0 Å². The van der Waals surface area contributed by atoms with Crippen molar-refractivity contribution in [1.82, 2.24) is 4.90 Å². The summed E-state index contributed by atoms with van der Waals surface area (Å²) >= 11 is 0. The lowest BCUT2D eigenvalue weighted by atomic mass is 9.90. The summed E-state index contributed by atoms with van der Waals surface area (Å²) in [7, 11) is 0. The number of carboxylic acids is 1. The van der Waals surface area contributed by atoms with E-state index >= 15 is 0 Å². The molecule has 0 aromatic heterocycles. The van der Waals surface area contributed by atoms with Crippen molar-refractivity contribution in [2.24, 2.45) is 11.8 Å². The van der Waals surface area contributed by atoms with Gasteiger partial charge >= 0.3 is 5.97 Å². The Balaban J connectivity index is 1.94. The predicted molar refractivity (Wildman–Crippen MR) is 60.5 cm³/mol. The number of carbonyl (C=O) groups excluding carboxylic acids is 1. The summed E-state index contributed by atoms with van der Waals surface area (Å²) in [4.78, 5) is 24.9. The zero-order chi connectivity index (χ0) is 12.4. The van der Waals surface area contributed by atoms with Crippen molar-refractivity contribution in [3.63, 3.8) is 0 Å². The number of amides is 1. The quantitative estimate of drug-likeness (QED) is 0.774. The van der Waals surface area contributed by atoms with Gasteiger partial charge in [0.05, 0.1) is 18.4 Å². The fourth-order valence-corrected chi connectivity index (χ4v) is 2.69. The predicted octanol–water partition coefficient (Wildman–Crippen LogP) is 0.735. The molecule has 1 amide bonds. The molecule has 0 spiro atoms. The molecule has 2 fully saturated rings. The summed E-state index contributed by atoms with van der Waals surface area (Å²) in [6, 6.07) is 0.0259. The van der Waals surface area contributed by atoms with Crippen LogP contribution in [0, 0.1) is 11.8 Å². The maximum absolute atomic E-state index is 12.2. The second kappa shape index (κ2) is 5.04. The molecular weight excluding hydrogens is 222 g/mol. The zero-order valence-electron chi connectivity index (χ0n) is 10.1. The number of rotatable bonds is 2. The maximum Gasteiger partial charge on any atom is 0.306 e. The van der Waals surface area contributed by atoms with Crippen LogP contribution in [0.5, 0.6) is 0 Å². The van der Waals surface area contributed by atoms with Crippen molar-refractivity contribution in [3.05, 3.63) is 0 Å². The summed E-state index contributed by atoms with van der Waals surface area (Å²) in [5.41, 5.74) is 0. The largest absolute Gasteiger partial charge is 0.481 e. The van der Waals surface area contributed by atoms with E-state index in [1.165, 1.54) is 0 Å². The lowest BCUT2D eigenvalue weighted by Crippen LogP contribution is -2.48. The number of ether oxygens (including phenoxy) is 1. The molecule has 2 aliphatic heterocycles. The monoisotopic (exact) mass is 241 g/mol. The highest BCUT2D eigenvalue weighted by atomic mass is 16.5. The van der Waals surface area contributed by atoms with Crippen LogP contribution in [-0.2, 0) is 14.3 Å². The number of piperidine rings is 1. The van der Waals surface area contributed by atoms with Crippen molar-refractivity contribution in [3.8, 4) is 0 Å². The van der Waals surface area contributed by atoms with Crippen LogP contribution in [-0.4, -0.2) is 47.7 Å². The highest BCUT2D eigenvalue weighted by Crippen LogP contribution is 2.26. The summed E-state index contributed by atoms with van der Waals surface area (Å²) in [6.45, 7) is 3.68. The molecule has 0 aromatic rings. The zero-order valence-corrected chi connectivity index (χ0v) is 10.1. The van der Waals surface area contributed by atoms with Crippen molar-refractivity contribution in [1.29, 1.82) is 0 Å². The summed E-state index contributed by atoms with van der Waals surface area (Å²) in [6.07, 6.45) is 1.93. The molecule has 17 heavy (non-hydrogen) atoms. The van der Waals surface area contributed by atoms with E-state index in [4.69, 9.17) is 9.84 Å². The standard InChI is InChI=1S/C12H19NO4/c1-8-6-9(12(15)16)2-4-13(8)11(14)10-3-5-17-7-10/h8-10H,2-7H2,1H3,(H,15,16). The van der Waals surface area contributed by atoms with Gasteiger partial charge < -0.3 is 14.7 Å². The molecule has 2 aliphatic rings.